The molecule has 2 aliphatic heterocycles. The van der Waals surface area contributed by atoms with Crippen molar-refractivity contribution in [3.63, 3.8) is 0 Å². The summed E-state index contributed by atoms with van der Waals surface area (Å²) in [4.78, 5) is 28.9. The van der Waals surface area contributed by atoms with Gasteiger partial charge in [-0.3, -0.25) is 9.59 Å². The number of aryl methyl sites for hydroxylation is 1. The molecule has 1 N–H and O–H groups in total. The van der Waals surface area contributed by atoms with Gasteiger partial charge in [-0.2, -0.15) is 0 Å². The third kappa shape index (κ3) is 4.21. The molecule has 1 unspecified atom stereocenters. The summed E-state index contributed by atoms with van der Waals surface area (Å²) in [6, 6.07) is 7.94. The topological polar surface area (TPSA) is 52.7 Å². The van der Waals surface area contributed by atoms with Gasteiger partial charge in [0.25, 0.3) is 0 Å². The number of amides is 2. The number of likely N-dealkylation sites (tertiary alicyclic amines) is 1. The van der Waals surface area contributed by atoms with Gasteiger partial charge in [0.15, 0.2) is 0 Å². The maximum Gasteiger partial charge on any atom is 0.228 e. The molecule has 0 bridgehead atoms. The molecule has 0 radical (unpaired) electrons. The van der Waals surface area contributed by atoms with Gasteiger partial charge < -0.3 is 15.1 Å². The summed E-state index contributed by atoms with van der Waals surface area (Å²) in [7, 11) is 0. The number of carbonyl (C=O) groups excluding carboxylic acids is 2. The van der Waals surface area contributed by atoms with E-state index in [4.69, 9.17) is 0 Å². The van der Waals surface area contributed by atoms with Crippen molar-refractivity contribution in [2.24, 2.45) is 11.8 Å². The molecule has 25 heavy (non-hydrogen) atoms. The summed E-state index contributed by atoms with van der Waals surface area (Å²) in [6.45, 7) is 8.35. The van der Waals surface area contributed by atoms with Gasteiger partial charge in [0.1, 0.15) is 0 Å². The lowest BCUT2D eigenvalue weighted by Crippen LogP contribution is -2.44. The van der Waals surface area contributed by atoms with E-state index < -0.39 is 0 Å². The van der Waals surface area contributed by atoms with Crippen molar-refractivity contribution in [1.82, 2.24) is 10.2 Å². The molecule has 5 nitrogen and oxygen atoms in total. The summed E-state index contributed by atoms with van der Waals surface area (Å²) in [6.07, 6.45) is 2.45. The molecule has 0 aliphatic carbocycles. The molecule has 1 aromatic carbocycles. The Kier molecular flexibility index (Phi) is 5.74. The molecule has 2 aliphatic rings. The molecular weight excluding hydrogens is 314 g/mol. The summed E-state index contributed by atoms with van der Waals surface area (Å²) in [5.41, 5.74) is 2.07. The Balaban J connectivity index is 1.55. The Morgan fingerprint density at radius 3 is 2.52 bits per heavy atom. The fourth-order valence-electron chi connectivity index (χ4n) is 3.81. The number of rotatable bonds is 5. The Labute approximate surface area is 150 Å². The van der Waals surface area contributed by atoms with E-state index in [-0.39, 0.29) is 17.7 Å². The highest BCUT2D eigenvalue weighted by Crippen LogP contribution is 2.28. The quantitative estimate of drug-likeness (QED) is 0.892. The van der Waals surface area contributed by atoms with Crippen LogP contribution in [0.15, 0.2) is 24.3 Å². The van der Waals surface area contributed by atoms with Crippen LogP contribution >= 0.6 is 0 Å². The smallest absolute Gasteiger partial charge is 0.228 e. The lowest BCUT2D eigenvalue weighted by atomic mass is 9.95. The third-order valence-corrected chi connectivity index (χ3v) is 5.43. The van der Waals surface area contributed by atoms with Crippen LogP contribution in [0, 0.1) is 18.8 Å². The number of hydrogen-bond acceptors (Lipinski definition) is 3. The Bertz CT molecular complexity index is 606. The number of piperidine rings is 1. The molecule has 1 aromatic rings. The van der Waals surface area contributed by atoms with Gasteiger partial charge in [0.05, 0.1) is 5.92 Å². The monoisotopic (exact) mass is 343 g/mol. The summed E-state index contributed by atoms with van der Waals surface area (Å²) < 4.78 is 0. The first-order valence-electron chi connectivity index (χ1n) is 9.45. The van der Waals surface area contributed by atoms with Gasteiger partial charge in [-0.25, -0.2) is 0 Å². The standard InChI is InChI=1S/C20H29N3O2/c1-3-21-13-16-8-10-22(11-9-16)20(25)17-12-19(24)23(14-17)18-6-4-15(2)5-7-18/h4-7,16-17,21H,3,8-14H2,1-2H3. The van der Waals surface area contributed by atoms with Crippen LogP contribution in [-0.2, 0) is 9.59 Å². The van der Waals surface area contributed by atoms with E-state index in [9.17, 15) is 9.59 Å². The van der Waals surface area contributed by atoms with E-state index in [0.29, 0.717) is 18.9 Å². The predicted molar refractivity (Wildman–Crippen MR) is 99.5 cm³/mol. The first kappa shape index (κ1) is 17.9. The molecular formula is C20H29N3O2. The lowest BCUT2D eigenvalue weighted by molar-refractivity contribution is -0.137. The van der Waals surface area contributed by atoms with Crippen molar-refractivity contribution in [2.45, 2.75) is 33.1 Å². The van der Waals surface area contributed by atoms with E-state index in [1.165, 1.54) is 5.56 Å². The fraction of sp³-hybridized carbons (Fsp3) is 0.600. The second kappa shape index (κ2) is 8.00. The zero-order valence-corrected chi connectivity index (χ0v) is 15.3. The average Bonchev–Trinajstić information content (AvgIpc) is 3.02. The molecule has 0 saturated carbocycles. The Morgan fingerprint density at radius 1 is 1.20 bits per heavy atom. The van der Waals surface area contributed by atoms with Crippen LogP contribution < -0.4 is 10.2 Å². The maximum atomic E-state index is 12.8. The number of carbonyl (C=O) groups is 2. The predicted octanol–water partition coefficient (Wildman–Crippen LogP) is 2.20. The van der Waals surface area contributed by atoms with Crippen LogP contribution in [0.4, 0.5) is 5.69 Å². The van der Waals surface area contributed by atoms with Crippen LogP contribution in [-0.4, -0.2) is 49.4 Å². The highest BCUT2D eigenvalue weighted by molar-refractivity contribution is 6.00. The van der Waals surface area contributed by atoms with Crippen LogP contribution in [0.2, 0.25) is 0 Å². The highest BCUT2D eigenvalue weighted by Gasteiger charge is 2.37. The van der Waals surface area contributed by atoms with Crippen LogP contribution in [0.1, 0.15) is 31.7 Å². The number of benzene rings is 1. The fourth-order valence-corrected chi connectivity index (χ4v) is 3.81. The number of hydrogen-bond donors (Lipinski definition) is 1. The third-order valence-electron chi connectivity index (χ3n) is 5.43. The van der Waals surface area contributed by atoms with Gasteiger partial charge in [-0.05, 0) is 50.9 Å². The Morgan fingerprint density at radius 2 is 1.88 bits per heavy atom. The zero-order valence-electron chi connectivity index (χ0n) is 15.3. The first-order chi connectivity index (χ1) is 12.1. The van der Waals surface area contributed by atoms with Crippen LogP contribution in [0.25, 0.3) is 0 Å². The van der Waals surface area contributed by atoms with Crippen LogP contribution in [0.5, 0.6) is 0 Å². The van der Waals surface area contributed by atoms with Gasteiger partial charge >= 0.3 is 0 Å². The second-order valence-corrected chi connectivity index (χ2v) is 7.32. The normalized spacial score (nSPS) is 21.8. The van der Waals surface area contributed by atoms with Crippen molar-refractivity contribution in [3.8, 4) is 0 Å². The van der Waals surface area contributed by atoms with Crippen molar-refractivity contribution >= 4 is 17.5 Å². The van der Waals surface area contributed by atoms with Crippen molar-refractivity contribution in [3.05, 3.63) is 29.8 Å². The minimum atomic E-state index is -0.195. The van der Waals surface area contributed by atoms with Gasteiger partial charge in [0.2, 0.25) is 11.8 Å². The van der Waals surface area contributed by atoms with Crippen LogP contribution in [0.3, 0.4) is 0 Å². The molecule has 0 aromatic heterocycles. The van der Waals surface area contributed by atoms with E-state index in [2.05, 4.69) is 12.2 Å². The molecule has 136 valence electrons. The molecule has 3 rings (SSSR count). The SMILES string of the molecule is CCNCC1CCN(C(=O)C2CC(=O)N(c3ccc(C)cc3)C2)CC1. The first-order valence-corrected chi connectivity index (χ1v) is 9.45. The van der Waals surface area contributed by atoms with E-state index in [0.717, 1.165) is 44.7 Å². The minimum absolute atomic E-state index is 0.0595. The molecule has 0 spiro atoms. The Hall–Kier alpha value is -1.88. The summed E-state index contributed by atoms with van der Waals surface area (Å²) in [5, 5.41) is 3.40. The molecule has 2 saturated heterocycles. The average molecular weight is 343 g/mol. The highest BCUT2D eigenvalue weighted by atomic mass is 16.2. The maximum absolute atomic E-state index is 12.8. The minimum Gasteiger partial charge on any atom is -0.342 e. The van der Waals surface area contributed by atoms with Gasteiger partial charge in [-0.1, -0.05) is 24.6 Å². The molecule has 1 atom stereocenters. The lowest BCUT2D eigenvalue weighted by Gasteiger charge is -2.33. The van der Waals surface area contributed by atoms with Gasteiger partial charge in [0, 0.05) is 31.7 Å². The molecule has 2 amide bonds. The number of nitrogens with zero attached hydrogens (tertiary/aromatic N) is 2. The summed E-state index contributed by atoms with van der Waals surface area (Å²) >= 11 is 0. The van der Waals surface area contributed by atoms with Crippen molar-refractivity contribution in [2.75, 3.05) is 37.6 Å². The molecule has 2 fully saturated rings. The van der Waals surface area contributed by atoms with Gasteiger partial charge in [-0.15, -0.1) is 0 Å². The second-order valence-electron chi connectivity index (χ2n) is 7.32. The number of nitrogens with one attached hydrogen (secondary N) is 1. The molecule has 5 heteroatoms. The number of anilines is 1. The molecule has 2 heterocycles. The van der Waals surface area contributed by atoms with Crippen molar-refractivity contribution < 1.29 is 9.59 Å². The van der Waals surface area contributed by atoms with E-state index >= 15 is 0 Å². The van der Waals surface area contributed by atoms with E-state index in [1.54, 1.807) is 4.90 Å². The van der Waals surface area contributed by atoms with Crippen molar-refractivity contribution in [1.29, 1.82) is 0 Å². The summed E-state index contributed by atoms with van der Waals surface area (Å²) in [5.74, 6) is 0.687. The largest absolute Gasteiger partial charge is 0.342 e. The van der Waals surface area contributed by atoms with E-state index in [1.807, 2.05) is 36.1 Å². The zero-order chi connectivity index (χ0) is 17.8.